The fourth-order valence-electron chi connectivity index (χ4n) is 6.97. The van der Waals surface area contributed by atoms with Crippen LogP contribution in [0.1, 0.15) is 161 Å². The molecule has 2 unspecified atom stereocenters. The second-order valence-corrected chi connectivity index (χ2v) is 15.0. The number of hydrogen-bond acceptors (Lipinski definition) is 0. The van der Waals surface area contributed by atoms with E-state index in [9.17, 15) is 0 Å². The van der Waals surface area contributed by atoms with E-state index in [1.165, 1.54) is 39.0 Å². The summed E-state index contributed by atoms with van der Waals surface area (Å²) in [6, 6.07) is 21.3. The van der Waals surface area contributed by atoms with Gasteiger partial charge in [-0.1, -0.05) is 121 Å². The fourth-order valence-corrected chi connectivity index (χ4v) is 8.98. The van der Waals surface area contributed by atoms with Crippen molar-refractivity contribution in [1.82, 2.24) is 0 Å². The molecular weight excluding hydrogens is 497 g/mol. The quantitative estimate of drug-likeness (QED) is 0.259. The molecule has 0 amide bonds. The first kappa shape index (κ1) is 28.9. The zero-order valence-electron chi connectivity index (χ0n) is 26.7. The average molecular weight is 545 g/mol. The maximum Gasteiger partial charge on any atom is 0.0678 e. The predicted octanol–water partition coefficient (Wildman–Crippen LogP) is 11.3. The molecule has 0 aromatic heterocycles. The lowest BCUT2D eigenvalue weighted by Crippen LogP contribution is -2.18. The SMILES string of the molecule is CC1=C(C)C([Si]C2C(C)=C(c3ccccc3)c3c(C(C)C)cc(C(C)C)cc32)c2cc(C(C)C)cc(C(C)C)c21. The van der Waals surface area contributed by atoms with Crippen LogP contribution in [0.2, 0.25) is 0 Å². The van der Waals surface area contributed by atoms with Gasteiger partial charge in [-0.15, -0.1) is 0 Å². The van der Waals surface area contributed by atoms with Crippen molar-refractivity contribution in [3.63, 3.8) is 0 Å². The lowest BCUT2D eigenvalue weighted by molar-refractivity contribution is 0.824. The van der Waals surface area contributed by atoms with E-state index in [0.29, 0.717) is 34.8 Å². The molecule has 0 bridgehead atoms. The highest BCUT2D eigenvalue weighted by Crippen LogP contribution is 2.52. The minimum Gasteiger partial charge on any atom is -0.0655 e. The molecule has 3 aromatic rings. The van der Waals surface area contributed by atoms with Crippen LogP contribution in [0, 0.1) is 0 Å². The van der Waals surface area contributed by atoms with E-state index in [1.54, 1.807) is 33.4 Å². The summed E-state index contributed by atoms with van der Waals surface area (Å²) in [5, 5.41) is 0. The Labute approximate surface area is 246 Å². The molecule has 1 heteroatoms. The Morgan fingerprint density at radius 3 is 1.52 bits per heavy atom. The van der Waals surface area contributed by atoms with Gasteiger partial charge in [-0.25, -0.2) is 0 Å². The summed E-state index contributed by atoms with van der Waals surface area (Å²) in [5.74, 6) is 2.07. The van der Waals surface area contributed by atoms with E-state index in [1.807, 2.05) is 0 Å². The van der Waals surface area contributed by atoms with Gasteiger partial charge in [-0.2, -0.15) is 0 Å². The summed E-state index contributed by atoms with van der Waals surface area (Å²) in [6.07, 6.45) is 0. The molecule has 208 valence electrons. The van der Waals surface area contributed by atoms with Crippen molar-refractivity contribution in [3.05, 3.63) is 116 Å². The molecule has 5 rings (SSSR count). The van der Waals surface area contributed by atoms with E-state index in [-0.39, 0.29) is 0 Å². The van der Waals surface area contributed by atoms with E-state index in [4.69, 9.17) is 0 Å². The van der Waals surface area contributed by atoms with Gasteiger partial charge in [0.2, 0.25) is 0 Å². The maximum absolute atomic E-state index is 2.58. The molecule has 0 saturated carbocycles. The minimum atomic E-state index is 0.449. The first-order valence-electron chi connectivity index (χ1n) is 15.5. The highest BCUT2D eigenvalue weighted by atomic mass is 28.2. The molecule has 0 N–H and O–H groups in total. The van der Waals surface area contributed by atoms with E-state index in [2.05, 4.69) is 131 Å². The Balaban J connectivity index is 1.72. The first-order valence-corrected chi connectivity index (χ1v) is 16.6. The van der Waals surface area contributed by atoms with Crippen LogP contribution in [0.3, 0.4) is 0 Å². The maximum atomic E-state index is 2.58. The van der Waals surface area contributed by atoms with E-state index < -0.39 is 0 Å². The Kier molecular flexibility index (Phi) is 7.92. The Morgan fingerprint density at radius 2 is 1.02 bits per heavy atom. The standard InChI is InChI=1S/C39H48Si/c1-21(2)29-17-31(23(5)6)36-25(9)26(10)38(33(36)19-29)40-39-27(11)35(28-15-13-12-14-16-28)37-32(24(7)8)18-30(22(3)4)20-34(37)39/h12-24,38-39H,1-11H3. The van der Waals surface area contributed by atoms with Gasteiger partial charge >= 0.3 is 0 Å². The largest absolute Gasteiger partial charge is 0.0678 e. The average Bonchev–Trinajstić information content (AvgIpc) is 3.33. The van der Waals surface area contributed by atoms with Gasteiger partial charge in [0, 0.05) is 0 Å². The summed E-state index contributed by atoms with van der Waals surface area (Å²) < 4.78 is 0. The van der Waals surface area contributed by atoms with Crippen LogP contribution in [-0.4, -0.2) is 9.52 Å². The third-order valence-electron chi connectivity index (χ3n) is 9.52. The van der Waals surface area contributed by atoms with Crippen LogP contribution < -0.4 is 0 Å². The van der Waals surface area contributed by atoms with Crippen LogP contribution in [0.5, 0.6) is 0 Å². The lowest BCUT2D eigenvalue weighted by Gasteiger charge is -2.24. The highest BCUT2D eigenvalue weighted by Gasteiger charge is 2.38. The van der Waals surface area contributed by atoms with Crippen molar-refractivity contribution in [2.45, 2.75) is 111 Å². The summed E-state index contributed by atoms with van der Waals surface area (Å²) in [4.78, 5) is 0. The molecular formula is C39H48Si. The first-order chi connectivity index (χ1) is 18.9. The van der Waals surface area contributed by atoms with Gasteiger partial charge in [0.15, 0.2) is 0 Å². The molecule has 0 saturated heterocycles. The summed E-state index contributed by atoms with van der Waals surface area (Å²) in [7, 11) is 0.795. The van der Waals surface area contributed by atoms with Crippen LogP contribution in [-0.2, 0) is 0 Å². The Bertz CT molecular complexity index is 1490. The predicted molar refractivity (Wildman–Crippen MR) is 177 cm³/mol. The molecule has 2 aliphatic carbocycles. The number of benzene rings is 3. The van der Waals surface area contributed by atoms with Crippen molar-refractivity contribution in [1.29, 1.82) is 0 Å². The number of hydrogen-bond donors (Lipinski definition) is 0. The number of rotatable bonds is 7. The fraction of sp³-hybridized carbons (Fsp3) is 0.436. The Hall–Kier alpha value is -2.64. The molecule has 2 aliphatic rings. The lowest BCUT2D eigenvalue weighted by atomic mass is 9.85. The molecule has 0 aliphatic heterocycles. The molecule has 2 atom stereocenters. The van der Waals surface area contributed by atoms with Crippen LogP contribution >= 0.6 is 0 Å². The molecule has 0 nitrogen and oxygen atoms in total. The molecule has 0 spiro atoms. The third-order valence-corrected chi connectivity index (χ3v) is 11.7. The minimum absolute atomic E-state index is 0.449. The van der Waals surface area contributed by atoms with E-state index >= 15 is 0 Å². The van der Waals surface area contributed by atoms with Gasteiger partial charge in [0.25, 0.3) is 0 Å². The number of fused-ring (bicyclic) bond motifs is 2. The van der Waals surface area contributed by atoms with Crippen molar-refractivity contribution in [2.24, 2.45) is 0 Å². The van der Waals surface area contributed by atoms with E-state index in [0.717, 1.165) is 9.52 Å². The summed E-state index contributed by atoms with van der Waals surface area (Å²) >= 11 is 0. The molecule has 3 aromatic carbocycles. The Morgan fingerprint density at radius 1 is 0.550 bits per heavy atom. The molecule has 0 heterocycles. The third kappa shape index (κ3) is 4.79. The number of allylic oxidation sites excluding steroid dienone is 3. The monoisotopic (exact) mass is 544 g/mol. The highest BCUT2D eigenvalue weighted by molar-refractivity contribution is 6.44. The van der Waals surface area contributed by atoms with Crippen LogP contribution in [0.15, 0.2) is 65.7 Å². The second kappa shape index (κ2) is 11.0. The van der Waals surface area contributed by atoms with Crippen LogP contribution in [0.25, 0.3) is 11.1 Å². The smallest absolute Gasteiger partial charge is 0.0655 e. The molecule has 2 radical (unpaired) electrons. The van der Waals surface area contributed by atoms with Gasteiger partial charge in [-0.3, -0.25) is 0 Å². The summed E-state index contributed by atoms with van der Waals surface area (Å²) in [6.45, 7) is 26.1. The van der Waals surface area contributed by atoms with Crippen LogP contribution in [0.4, 0.5) is 0 Å². The topological polar surface area (TPSA) is 0 Å². The zero-order chi connectivity index (χ0) is 29.0. The van der Waals surface area contributed by atoms with Crippen molar-refractivity contribution in [2.75, 3.05) is 0 Å². The second-order valence-electron chi connectivity index (χ2n) is 13.5. The van der Waals surface area contributed by atoms with Gasteiger partial charge in [0.05, 0.1) is 9.52 Å². The van der Waals surface area contributed by atoms with Crippen molar-refractivity contribution in [3.8, 4) is 0 Å². The van der Waals surface area contributed by atoms with Gasteiger partial charge in [0.1, 0.15) is 0 Å². The van der Waals surface area contributed by atoms with Gasteiger partial charge in [-0.05, 0) is 117 Å². The van der Waals surface area contributed by atoms with Crippen molar-refractivity contribution < 1.29 is 0 Å². The summed E-state index contributed by atoms with van der Waals surface area (Å²) in [5.41, 5.74) is 20.7. The zero-order valence-corrected chi connectivity index (χ0v) is 27.7. The van der Waals surface area contributed by atoms with Gasteiger partial charge < -0.3 is 0 Å². The molecule has 0 fully saturated rings. The van der Waals surface area contributed by atoms with Crippen molar-refractivity contribution >= 4 is 20.7 Å². The normalized spacial score (nSPS) is 18.7. The molecule has 40 heavy (non-hydrogen) atoms.